The van der Waals surface area contributed by atoms with Crippen LogP contribution in [-0.4, -0.2) is 49.6 Å². The Morgan fingerprint density at radius 3 is 2.68 bits per heavy atom. The van der Waals surface area contributed by atoms with E-state index in [2.05, 4.69) is 4.98 Å². The number of hydrogen-bond acceptors (Lipinski definition) is 6. The molecule has 0 aliphatic carbocycles. The molecule has 148 valence electrons. The van der Waals surface area contributed by atoms with Gasteiger partial charge in [-0.15, -0.1) is 0 Å². The summed E-state index contributed by atoms with van der Waals surface area (Å²) in [4.78, 5) is 32.6. The molecule has 2 N–H and O–H groups in total. The van der Waals surface area contributed by atoms with Gasteiger partial charge in [-0.05, 0) is 12.5 Å². The van der Waals surface area contributed by atoms with Crippen LogP contribution in [0.1, 0.15) is 20.9 Å². The van der Waals surface area contributed by atoms with Crippen molar-refractivity contribution in [1.29, 1.82) is 0 Å². The van der Waals surface area contributed by atoms with E-state index in [0.717, 1.165) is 23.5 Å². The molecule has 1 aromatic heterocycles. The molecule has 3 heterocycles. The molecule has 1 aromatic carbocycles. The van der Waals surface area contributed by atoms with Crippen LogP contribution >= 0.6 is 11.3 Å². The molecule has 1 fully saturated rings. The number of fused-ring (bicyclic) bond motifs is 1. The summed E-state index contributed by atoms with van der Waals surface area (Å²) in [6.45, 7) is 2.64. The Labute approximate surface area is 163 Å². The maximum atomic E-state index is 13.9. The van der Waals surface area contributed by atoms with Crippen LogP contribution in [0.3, 0.4) is 0 Å². The third-order valence-corrected chi connectivity index (χ3v) is 6.00. The number of amides is 2. The van der Waals surface area contributed by atoms with E-state index in [1.807, 2.05) is 4.90 Å². The van der Waals surface area contributed by atoms with E-state index in [-0.39, 0.29) is 35.1 Å². The molecule has 0 atom stereocenters. The van der Waals surface area contributed by atoms with Gasteiger partial charge in [0, 0.05) is 31.3 Å². The standard InChI is InChI=1S/C18H18F2N4O3S/c19-10-7-12(20)11-1-2-24(14(11)8-10)15(25)9-13-16(17(21)26)28-18(22-13)23-3-5-27-6-4-23/h7-8H,1-6,9H2,(H2,21,26). The first-order valence-electron chi connectivity index (χ1n) is 8.84. The first-order chi connectivity index (χ1) is 13.4. The molecule has 0 saturated carbocycles. The first kappa shape index (κ1) is 18.8. The van der Waals surface area contributed by atoms with Crippen molar-refractivity contribution >= 4 is 34.0 Å². The third kappa shape index (κ3) is 3.45. The zero-order valence-corrected chi connectivity index (χ0v) is 15.7. The van der Waals surface area contributed by atoms with Gasteiger partial charge in [0.25, 0.3) is 5.91 Å². The number of morpholine rings is 1. The van der Waals surface area contributed by atoms with E-state index in [4.69, 9.17) is 10.5 Å². The summed E-state index contributed by atoms with van der Waals surface area (Å²) >= 11 is 1.14. The minimum Gasteiger partial charge on any atom is -0.378 e. The number of primary amides is 1. The highest BCUT2D eigenvalue weighted by atomic mass is 32.1. The Kier molecular flexibility index (Phi) is 4.98. The monoisotopic (exact) mass is 408 g/mol. The number of nitrogens with two attached hydrogens (primary N) is 1. The average Bonchev–Trinajstić information content (AvgIpc) is 3.27. The van der Waals surface area contributed by atoms with Crippen molar-refractivity contribution in [1.82, 2.24) is 4.98 Å². The Balaban J connectivity index is 1.59. The van der Waals surface area contributed by atoms with Crippen LogP contribution in [-0.2, 0) is 22.4 Å². The Morgan fingerprint density at radius 1 is 1.21 bits per heavy atom. The number of thiazole rings is 1. The number of carbonyl (C=O) groups excluding carboxylic acids is 2. The summed E-state index contributed by atoms with van der Waals surface area (Å²) in [6.07, 6.45) is 0.142. The van der Waals surface area contributed by atoms with Crippen LogP contribution in [0, 0.1) is 11.6 Å². The second-order valence-corrected chi connectivity index (χ2v) is 7.57. The summed E-state index contributed by atoms with van der Waals surface area (Å²) in [6, 6.07) is 1.96. The normalized spacial score (nSPS) is 16.4. The number of aromatic nitrogens is 1. The SMILES string of the molecule is NC(=O)c1sc(N2CCOCC2)nc1CC(=O)N1CCc2c(F)cc(F)cc21. The Morgan fingerprint density at radius 2 is 1.96 bits per heavy atom. The van der Waals surface area contributed by atoms with E-state index in [0.29, 0.717) is 43.4 Å². The lowest BCUT2D eigenvalue weighted by Crippen LogP contribution is -2.36. The van der Waals surface area contributed by atoms with Crippen LogP contribution in [0.4, 0.5) is 19.6 Å². The smallest absolute Gasteiger partial charge is 0.260 e. The molecule has 0 unspecified atom stereocenters. The van der Waals surface area contributed by atoms with Crippen LogP contribution in [0.5, 0.6) is 0 Å². The van der Waals surface area contributed by atoms with Crippen molar-refractivity contribution < 1.29 is 23.1 Å². The van der Waals surface area contributed by atoms with Gasteiger partial charge in [-0.3, -0.25) is 9.59 Å². The molecule has 2 aliphatic heterocycles. The molecule has 0 bridgehead atoms. The number of rotatable bonds is 4. The van der Waals surface area contributed by atoms with Crippen molar-refractivity contribution in [3.8, 4) is 0 Å². The molecule has 2 amide bonds. The molecular weight excluding hydrogens is 390 g/mol. The topological polar surface area (TPSA) is 88.8 Å². The van der Waals surface area contributed by atoms with Crippen molar-refractivity contribution in [3.05, 3.63) is 39.9 Å². The van der Waals surface area contributed by atoms with Gasteiger partial charge in [0.15, 0.2) is 5.13 Å². The minimum absolute atomic E-state index is 0.170. The van der Waals surface area contributed by atoms with E-state index in [1.165, 1.54) is 4.90 Å². The Hall–Kier alpha value is -2.59. The number of anilines is 2. The number of halogens is 2. The highest BCUT2D eigenvalue weighted by Gasteiger charge is 2.30. The predicted octanol–water partition coefficient (Wildman–Crippen LogP) is 1.49. The second-order valence-electron chi connectivity index (χ2n) is 6.59. The molecule has 28 heavy (non-hydrogen) atoms. The minimum atomic E-state index is -0.739. The molecular formula is C18H18F2N4O3S. The Bertz CT molecular complexity index is 943. The quantitative estimate of drug-likeness (QED) is 0.828. The number of carbonyl (C=O) groups is 2. The number of ether oxygens (including phenoxy) is 1. The van der Waals surface area contributed by atoms with Crippen molar-refractivity contribution in [3.63, 3.8) is 0 Å². The fourth-order valence-corrected chi connectivity index (χ4v) is 4.45. The van der Waals surface area contributed by atoms with Gasteiger partial charge in [-0.25, -0.2) is 13.8 Å². The van der Waals surface area contributed by atoms with Gasteiger partial charge in [-0.2, -0.15) is 0 Å². The average molecular weight is 408 g/mol. The highest BCUT2D eigenvalue weighted by molar-refractivity contribution is 7.17. The van der Waals surface area contributed by atoms with Crippen molar-refractivity contribution in [2.75, 3.05) is 42.6 Å². The zero-order chi connectivity index (χ0) is 19.8. The maximum absolute atomic E-state index is 13.9. The van der Waals surface area contributed by atoms with Gasteiger partial charge >= 0.3 is 0 Å². The first-order valence-corrected chi connectivity index (χ1v) is 9.66. The lowest BCUT2D eigenvalue weighted by Gasteiger charge is -2.26. The molecule has 7 nitrogen and oxygen atoms in total. The van der Waals surface area contributed by atoms with Gasteiger partial charge < -0.3 is 20.3 Å². The number of hydrogen-bond donors (Lipinski definition) is 1. The molecule has 2 aliphatic rings. The predicted molar refractivity (Wildman–Crippen MR) is 99.8 cm³/mol. The van der Waals surface area contributed by atoms with Gasteiger partial charge in [-0.1, -0.05) is 11.3 Å². The van der Waals surface area contributed by atoms with Crippen LogP contribution in [0.25, 0.3) is 0 Å². The summed E-state index contributed by atoms with van der Waals surface area (Å²) < 4.78 is 32.8. The van der Waals surface area contributed by atoms with E-state index < -0.39 is 17.5 Å². The lowest BCUT2D eigenvalue weighted by atomic mass is 10.1. The highest BCUT2D eigenvalue weighted by Crippen LogP contribution is 2.33. The fraction of sp³-hybridized carbons (Fsp3) is 0.389. The summed E-state index contributed by atoms with van der Waals surface area (Å²) in [5.74, 6) is -2.44. The van der Waals surface area contributed by atoms with E-state index in [9.17, 15) is 18.4 Å². The summed E-state index contributed by atoms with van der Waals surface area (Å²) in [5.41, 5.74) is 6.30. The van der Waals surface area contributed by atoms with Crippen molar-refractivity contribution in [2.45, 2.75) is 12.8 Å². The zero-order valence-electron chi connectivity index (χ0n) is 14.9. The molecule has 4 rings (SSSR count). The molecule has 0 radical (unpaired) electrons. The van der Waals surface area contributed by atoms with Crippen molar-refractivity contribution in [2.24, 2.45) is 5.73 Å². The fourth-order valence-electron chi connectivity index (χ4n) is 3.46. The number of nitrogens with zero attached hydrogens (tertiary/aromatic N) is 3. The second kappa shape index (κ2) is 7.44. The molecule has 1 saturated heterocycles. The van der Waals surface area contributed by atoms with Crippen LogP contribution in [0.2, 0.25) is 0 Å². The van der Waals surface area contributed by atoms with Crippen LogP contribution in [0.15, 0.2) is 12.1 Å². The molecule has 2 aromatic rings. The van der Waals surface area contributed by atoms with E-state index >= 15 is 0 Å². The van der Waals surface area contributed by atoms with Gasteiger partial charge in [0.2, 0.25) is 5.91 Å². The largest absolute Gasteiger partial charge is 0.378 e. The van der Waals surface area contributed by atoms with Gasteiger partial charge in [0.05, 0.1) is 31.0 Å². The maximum Gasteiger partial charge on any atom is 0.260 e. The number of benzene rings is 1. The summed E-state index contributed by atoms with van der Waals surface area (Å²) in [5, 5.41) is 0.610. The van der Waals surface area contributed by atoms with Gasteiger partial charge in [0.1, 0.15) is 16.5 Å². The summed E-state index contributed by atoms with van der Waals surface area (Å²) in [7, 11) is 0. The molecule has 10 heteroatoms. The molecule has 0 spiro atoms. The van der Waals surface area contributed by atoms with Crippen LogP contribution < -0.4 is 15.5 Å². The third-order valence-electron chi connectivity index (χ3n) is 4.82. The van der Waals surface area contributed by atoms with E-state index in [1.54, 1.807) is 0 Å². The lowest BCUT2D eigenvalue weighted by molar-refractivity contribution is -0.117.